The Morgan fingerprint density at radius 1 is 0.923 bits per heavy atom. The third-order valence-electron chi connectivity index (χ3n) is 5.91. The fourth-order valence-corrected chi connectivity index (χ4v) is 4.98. The van der Waals surface area contributed by atoms with Gasteiger partial charge in [-0.1, -0.05) is 11.2 Å². The molecule has 0 spiro atoms. The van der Waals surface area contributed by atoms with Crippen LogP contribution in [-0.4, -0.2) is 107 Å². The molecule has 39 heavy (non-hydrogen) atoms. The quantitative estimate of drug-likeness (QED) is 0.0622. The molecule has 1 saturated heterocycles. The van der Waals surface area contributed by atoms with E-state index in [-0.39, 0.29) is 18.2 Å². The number of azide groups is 1. The maximum absolute atomic E-state index is 12.9. The van der Waals surface area contributed by atoms with E-state index in [1.807, 2.05) is 12.1 Å². The molecule has 1 unspecified atom stereocenters. The Morgan fingerprint density at radius 2 is 1.54 bits per heavy atom. The molecule has 214 valence electrons. The van der Waals surface area contributed by atoms with Crippen LogP contribution >= 0.6 is 11.8 Å². The van der Waals surface area contributed by atoms with E-state index in [2.05, 4.69) is 15.3 Å². The van der Waals surface area contributed by atoms with Crippen molar-refractivity contribution in [3.63, 3.8) is 0 Å². The molecule has 3 amide bonds. The molecule has 3 rings (SSSR count). The topological polar surface area (TPSA) is 161 Å². The number of hydrogen-bond donors (Lipinski definition) is 1. The fraction of sp³-hybridized carbons (Fsp3) is 0.640. The molecule has 2 aliphatic heterocycles. The van der Waals surface area contributed by atoms with Gasteiger partial charge in [-0.05, 0) is 29.6 Å². The third-order valence-corrected chi connectivity index (χ3v) is 6.98. The van der Waals surface area contributed by atoms with Gasteiger partial charge in [0.05, 0.1) is 66.1 Å². The first kappa shape index (κ1) is 30.8. The van der Waals surface area contributed by atoms with E-state index in [0.29, 0.717) is 96.9 Å². The molecule has 1 atom stereocenters. The average Bonchev–Trinajstić information content (AvgIpc) is 3.26. The monoisotopic (exact) mass is 565 g/mol. The van der Waals surface area contributed by atoms with Gasteiger partial charge in [0.15, 0.2) is 0 Å². The molecular weight excluding hydrogens is 530 g/mol. The molecule has 0 aromatic heterocycles. The summed E-state index contributed by atoms with van der Waals surface area (Å²) in [6.07, 6.45) is 0.587. The summed E-state index contributed by atoms with van der Waals surface area (Å²) < 4.78 is 27.2. The number of nitrogens with one attached hydrogen (secondary N) is 1. The van der Waals surface area contributed by atoms with E-state index in [9.17, 15) is 14.4 Å². The number of ether oxygens (including phenoxy) is 5. The van der Waals surface area contributed by atoms with E-state index in [0.717, 1.165) is 10.5 Å². The van der Waals surface area contributed by atoms with Crippen molar-refractivity contribution in [3.05, 3.63) is 39.8 Å². The number of thioether (sulfide) groups is 1. The minimum Gasteiger partial charge on any atom is -0.379 e. The summed E-state index contributed by atoms with van der Waals surface area (Å²) in [5.74, 6) is -0.157. The Balaban J connectivity index is 1.18. The summed E-state index contributed by atoms with van der Waals surface area (Å²) in [5, 5.41) is 5.70. The highest BCUT2D eigenvalue weighted by Gasteiger charge is 2.39. The molecule has 1 N–H and O–H groups in total. The Labute approximate surface area is 231 Å². The number of nitrogens with zero attached hydrogens (tertiary/aromatic N) is 4. The minimum absolute atomic E-state index is 0.170. The molecule has 2 heterocycles. The van der Waals surface area contributed by atoms with E-state index in [4.69, 9.17) is 29.2 Å². The van der Waals surface area contributed by atoms with Gasteiger partial charge in [-0.3, -0.25) is 19.7 Å². The Hall–Kier alpha value is -2.71. The van der Waals surface area contributed by atoms with Gasteiger partial charge < -0.3 is 28.6 Å². The Kier molecular flexibility index (Phi) is 14.1. The van der Waals surface area contributed by atoms with Gasteiger partial charge in [-0.25, -0.2) is 0 Å². The smallest absolute Gasteiger partial charge is 0.255 e. The van der Waals surface area contributed by atoms with Crippen LogP contribution in [0.5, 0.6) is 0 Å². The molecule has 0 radical (unpaired) electrons. The van der Waals surface area contributed by atoms with Gasteiger partial charge in [-0.2, -0.15) is 0 Å². The van der Waals surface area contributed by atoms with E-state index >= 15 is 0 Å². The summed E-state index contributed by atoms with van der Waals surface area (Å²) in [4.78, 5) is 41.8. The zero-order valence-electron chi connectivity index (χ0n) is 21.9. The highest BCUT2D eigenvalue weighted by Crippen LogP contribution is 2.34. The SMILES string of the molecule is [N-]=[N+]=NCCOCCOCCOCCOCCOCCSc1cccc2c1CN(C1CCC(=O)NC1=O)C2=O. The second-order valence-corrected chi connectivity index (χ2v) is 9.68. The highest BCUT2D eigenvalue weighted by molar-refractivity contribution is 7.99. The maximum Gasteiger partial charge on any atom is 0.255 e. The molecular formula is C25H35N5O8S. The number of rotatable bonds is 20. The largest absolute Gasteiger partial charge is 0.379 e. The Bertz CT molecular complexity index is 1010. The van der Waals surface area contributed by atoms with Gasteiger partial charge in [0, 0.05) is 40.6 Å². The van der Waals surface area contributed by atoms with E-state index < -0.39 is 11.9 Å². The summed E-state index contributed by atoms with van der Waals surface area (Å²) in [7, 11) is 0. The molecule has 1 aromatic rings. The highest BCUT2D eigenvalue weighted by atomic mass is 32.2. The lowest BCUT2D eigenvalue weighted by atomic mass is 10.0. The van der Waals surface area contributed by atoms with Crippen molar-refractivity contribution < 1.29 is 38.1 Å². The van der Waals surface area contributed by atoms with Gasteiger partial charge in [-0.15, -0.1) is 11.8 Å². The summed E-state index contributed by atoms with van der Waals surface area (Å²) in [6, 6.07) is 4.99. The van der Waals surface area contributed by atoms with Crippen LogP contribution in [0.25, 0.3) is 10.4 Å². The molecule has 14 heteroatoms. The van der Waals surface area contributed by atoms with Crippen molar-refractivity contribution in [1.82, 2.24) is 10.2 Å². The zero-order chi connectivity index (χ0) is 27.7. The van der Waals surface area contributed by atoms with Crippen LogP contribution in [0.4, 0.5) is 0 Å². The second kappa shape index (κ2) is 17.8. The number of benzene rings is 1. The van der Waals surface area contributed by atoms with Crippen LogP contribution in [0.15, 0.2) is 28.2 Å². The summed E-state index contributed by atoms with van der Waals surface area (Å²) in [5.41, 5.74) is 9.67. The van der Waals surface area contributed by atoms with Crippen molar-refractivity contribution in [2.24, 2.45) is 5.11 Å². The molecule has 2 aliphatic rings. The number of piperidine rings is 1. The van der Waals surface area contributed by atoms with Crippen LogP contribution in [0.3, 0.4) is 0 Å². The lowest BCUT2D eigenvalue weighted by Crippen LogP contribution is -2.52. The summed E-state index contributed by atoms with van der Waals surface area (Å²) in [6.45, 7) is 5.30. The van der Waals surface area contributed by atoms with Gasteiger partial charge in [0.2, 0.25) is 11.8 Å². The fourth-order valence-electron chi connectivity index (χ4n) is 4.03. The number of hydrogen-bond acceptors (Lipinski definition) is 10. The van der Waals surface area contributed by atoms with Crippen molar-refractivity contribution in [3.8, 4) is 0 Å². The van der Waals surface area contributed by atoms with Crippen LogP contribution in [-0.2, 0) is 39.8 Å². The van der Waals surface area contributed by atoms with Gasteiger partial charge in [0.25, 0.3) is 5.91 Å². The van der Waals surface area contributed by atoms with Crippen molar-refractivity contribution >= 4 is 29.5 Å². The lowest BCUT2D eigenvalue weighted by molar-refractivity contribution is -0.136. The predicted molar refractivity (Wildman–Crippen MR) is 141 cm³/mol. The standard InChI is InChI=1S/C25H35N5O8S/c26-29-27-6-7-34-8-9-35-10-11-36-12-13-37-14-15-38-16-17-39-22-3-1-2-19-20(22)18-30(25(19)33)21-4-5-23(31)28-24(21)32/h1-3,21H,4-18H2,(H,28,31,32). The summed E-state index contributed by atoms with van der Waals surface area (Å²) >= 11 is 1.61. The normalized spacial score (nSPS) is 16.8. The van der Waals surface area contributed by atoms with Crippen LogP contribution in [0.2, 0.25) is 0 Å². The maximum atomic E-state index is 12.9. The number of fused-ring (bicyclic) bond motifs is 1. The number of carbonyl (C=O) groups is 3. The molecule has 0 aliphatic carbocycles. The minimum atomic E-state index is -0.615. The average molecular weight is 566 g/mol. The van der Waals surface area contributed by atoms with Crippen LogP contribution in [0, 0.1) is 0 Å². The molecule has 0 saturated carbocycles. The molecule has 1 fully saturated rings. The van der Waals surface area contributed by atoms with Gasteiger partial charge >= 0.3 is 0 Å². The lowest BCUT2D eigenvalue weighted by Gasteiger charge is -2.29. The predicted octanol–water partition coefficient (Wildman–Crippen LogP) is 1.93. The van der Waals surface area contributed by atoms with E-state index in [1.54, 1.807) is 22.7 Å². The molecule has 1 aromatic carbocycles. The van der Waals surface area contributed by atoms with Gasteiger partial charge in [0.1, 0.15) is 6.04 Å². The first-order chi connectivity index (χ1) is 19.1. The van der Waals surface area contributed by atoms with Crippen LogP contribution < -0.4 is 5.32 Å². The van der Waals surface area contributed by atoms with E-state index in [1.165, 1.54) is 0 Å². The van der Waals surface area contributed by atoms with Crippen LogP contribution in [0.1, 0.15) is 28.8 Å². The van der Waals surface area contributed by atoms with Crippen molar-refractivity contribution in [2.75, 3.05) is 78.4 Å². The number of amides is 3. The molecule has 13 nitrogen and oxygen atoms in total. The first-order valence-corrected chi connectivity index (χ1v) is 13.9. The van der Waals surface area contributed by atoms with Crippen molar-refractivity contribution in [2.45, 2.75) is 30.3 Å². The Morgan fingerprint density at radius 3 is 2.15 bits per heavy atom. The molecule has 0 bridgehead atoms. The zero-order valence-corrected chi connectivity index (χ0v) is 22.7. The first-order valence-electron chi connectivity index (χ1n) is 12.9. The third kappa shape index (κ3) is 10.4. The number of imide groups is 1. The van der Waals surface area contributed by atoms with Crippen molar-refractivity contribution in [1.29, 1.82) is 0 Å². The number of carbonyl (C=O) groups excluding carboxylic acids is 3. The second-order valence-electron chi connectivity index (χ2n) is 8.55.